The van der Waals surface area contributed by atoms with Crippen molar-refractivity contribution >= 4 is 34.5 Å². The first-order valence-electron chi connectivity index (χ1n) is 6.54. The standard InChI is InChI=1S/C14H16N4S2/c1-8-7-11(13(15)19)17-14(16-8)18-5-3-12-10(9(18)2)4-6-20-12/h4,6-7,9H,3,5H2,1-2H3,(H2,15,19). The van der Waals surface area contributed by atoms with Crippen molar-refractivity contribution in [2.24, 2.45) is 5.73 Å². The first-order chi connectivity index (χ1) is 9.56. The van der Waals surface area contributed by atoms with Gasteiger partial charge in [0.2, 0.25) is 5.95 Å². The number of anilines is 1. The summed E-state index contributed by atoms with van der Waals surface area (Å²) in [4.78, 5) is 13.1. The van der Waals surface area contributed by atoms with Crippen LogP contribution in [0.25, 0.3) is 0 Å². The van der Waals surface area contributed by atoms with Gasteiger partial charge in [0.05, 0.1) is 6.04 Å². The van der Waals surface area contributed by atoms with E-state index in [4.69, 9.17) is 18.0 Å². The van der Waals surface area contributed by atoms with Gasteiger partial charge in [-0.05, 0) is 43.3 Å². The number of hydrogen-bond acceptors (Lipinski definition) is 5. The zero-order chi connectivity index (χ0) is 14.3. The van der Waals surface area contributed by atoms with Crippen LogP contribution in [0.2, 0.25) is 0 Å². The fourth-order valence-corrected chi connectivity index (χ4v) is 3.66. The van der Waals surface area contributed by atoms with Crippen molar-refractivity contribution in [2.45, 2.75) is 26.3 Å². The lowest BCUT2D eigenvalue weighted by Gasteiger charge is -2.33. The van der Waals surface area contributed by atoms with Crippen LogP contribution in [0.4, 0.5) is 5.95 Å². The first-order valence-corrected chi connectivity index (χ1v) is 7.83. The predicted molar refractivity (Wildman–Crippen MR) is 86.4 cm³/mol. The van der Waals surface area contributed by atoms with Gasteiger partial charge in [0.25, 0.3) is 0 Å². The highest BCUT2D eigenvalue weighted by molar-refractivity contribution is 7.80. The summed E-state index contributed by atoms with van der Waals surface area (Å²) in [7, 11) is 0. The number of nitrogens with two attached hydrogens (primary N) is 1. The van der Waals surface area contributed by atoms with E-state index in [1.54, 1.807) is 0 Å². The molecule has 0 bridgehead atoms. The second-order valence-electron chi connectivity index (χ2n) is 4.98. The van der Waals surface area contributed by atoms with Crippen LogP contribution in [0.1, 0.15) is 34.8 Å². The molecule has 1 aliphatic heterocycles. The van der Waals surface area contributed by atoms with Crippen molar-refractivity contribution in [1.29, 1.82) is 0 Å². The molecule has 4 nitrogen and oxygen atoms in total. The molecule has 0 aliphatic carbocycles. The highest BCUT2D eigenvalue weighted by atomic mass is 32.1. The third-order valence-corrected chi connectivity index (χ3v) is 4.83. The van der Waals surface area contributed by atoms with Gasteiger partial charge in [-0.2, -0.15) is 0 Å². The van der Waals surface area contributed by atoms with Crippen LogP contribution in [0.15, 0.2) is 17.5 Å². The lowest BCUT2D eigenvalue weighted by Crippen LogP contribution is -2.35. The van der Waals surface area contributed by atoms with Crippen LogP contribution in [-0.2, 0) is 6.42 Å². The number of rotatable bonds is 2. The quantitative estimate of drug-likeness (QED) is 0.864. The summed E-state index contributed by atoms with van der Waals surface area (Å²) in [5.41, 5.74) is 8.61. The predicted octanol–water partition coefficient (Wildman–Crippen LogP) is 2.60. The number of thiocarbonyl (C=S) groups is 1. The molecule has 2 aromatic rings. The molecule has 20 heavy (non-hydrogen) atoms. The lowest BCUT2D eigenvalue weighted by molar-refractivity contribution is 0.614. The molecule has 0 saturated heterocycles. The number of fused-ring (bicyclic) bond motifs is 1. The molecular formula is C14H16N4S2. The number of nitrogens with zero attached hydrogens (tertiary/aromatic N) is 3. The van der Waals surface area contributed by atoms with Crippen LogP contribution in [0.3, 0.4) is 0 Å². The number of thiophene rings is 1. The molecule has 0 fully saturated rings. The molecule has 1 aliphatic rings. The fraction of sp³-hybridized carbons (Fsp3) is 0.357. The molecule has 2 aromatic heterocycles. The smallest absolute Gasteiger partial charge is 0.226 e. The van der Waals surface area contributed by atoms with E-state index in [0.29, 0.717) is 10.7 Å². The van der Waals surface area contributed by atoms with Crippen molar-refractivity contribution in [3.63, 3.8) is 0 Å². The van der Waals surface area contributed by atoms with Gasteiger partial charge < -0.3 is 10.6 Å². The molecule has 6 heteroatoms. The Hall–Kier alpha value is -1.53. The van der Waals surface area contributed by atoms with Crippen LogP contribution in [0.5, 0.6) is 0 Å². The van der Waals surface area contributed by atoms with E-state index < -0.39 is 0 Å². The van der Waals surface area contributed by atoms with Gasteiger partial charge in [0.1, 0.15) is 10.7 Å². The Kier molecular flexibility index (Phi) is 3.43. The Bertz CT molecular complexity index is 665. The van der Waals surface area contributed by atoms with E-state index in [2.05, 4.69) is 33.2 Å². The maximum absolute atomic E-state index is 5.70. The molecule has 0 amide bonds. The minimum absolute atomic E-state index is 0.283. The number of aromatic nitrogens is 2. The molecular weight excluding hydrogens is 288 g/mol. The highest BCUT2D eigenvalue weighted by Gasteiger charge is 2.27. The van der Waals surface area contributed by atoms with Crippen molar-refractivity contribution in [3.05, 3.63) is 39.3 Å². The summed E-state index contributed by atoms with van der Waals surface area (Å²) in [5.74, 6) is 0.720. The summed E-state index contributed by atoms with van der Waals surface area (Å²) < 4.78 is 0. The van der Waals surface area contributed by atoms with E-state index >= 15 is 0 Å². The molecule has 0 spiro atoms. The summed E-state index contributed by atoms with van der Waals surface area (Å²) in [6, 6.07) is 4.31. The largest absolute Gasteiger partial charge is 0.388 e. The average Bonchev–Trinajstić information content (AvgIpc) is 2.87. The van der Waals surface area contributed by atoms with Gasteiger partial charge in [-0.1, -0.05) is 12.2 Å². The second-order valence-corrected chi connectivity index (χ2v) is 6.42. The fourth-order valence-electron chi connectivity index (χ4n) is 2.59. The Morgan fingerprint density at radius 3 is 3.05 bits per heavy atom. The maximum Gasteiger partial charge on any atom is 0.226 e. The van der Waals surface area contributed by atoms with Crippen LogP contribution >= 0.6 is 23.6 Å². The molecule has 3 heterocycles. The van der Waals surface area contributed by atoms with Crippen LogP contribution in [0, 0.1) is 6.92 Å². The van der Waals surface area contributed by atoms with Crippen molar-refractivity contribution in [2.75, 3.05) is 11.4 Å². The van der Waals surface area contributed by atoms with Crippen molar-refractivity contribution in [3.8, 4) is 0 Å². The van der Waals surface area contributed by atoms with Crippen molar-refractivity contribution in [1.82, 2.24) is 9.97 Å². The zero-order valence-corrected chi connectivity index (χ0v) is 13.1. The summed E-state index contributed by atoms with van der Waals surface area (Å²) in [5, 5.41) is 2.15. The minimum Gasteiger partial charge on any atom is -0.388 e. The Balaban J connectivity index is 2.00. The monoisotopic (exact) mass is 304 g/mol. The topological polar surface area (TPSA) is 55.0 Å². The van der Waals surface area contributed by atoms with Gasteiger partial charge in [-0.25, -0.2) is 9.97 Å². The van der Waals surface area contributed by atoms with Crippen molar-refractivity contribution < 1.29 is 0 Å². The van der Waals surface area contributed by atoms with Gasteiger partial charge >= 0.3 is 0 Å². The lowest BCUT2D eigenvalue weighted by atomic mass is 10.0. The van der Waals surface area contributed by atoms with E-state index in [0.717, 1.165) is 24.6 Å². The number of aryl methyl sites for hydroxylation is 1. The Morgan fingerprint density at radius 2 is 2.30 bits per heavy atom. The molecule has 1 atom stereocenters. The molecule has 0 aromatic carbocycles. The molecule has 1 unspecified atom stereocenters. The van der Waals surface area contributed by atoms with Gasteiger partial charge in [0.15, 0.2) is 0 Å². The van der Waals surface area contributed by atoms with E-state index in [1.807, 2.05) is 24.3 Å². The average molecular weight is 304 g/mol. The van der Waals surface area contributed by atoms with Gasteiger partial charge in [-0.3, -0.25) is 0 Å². The number of hydrogen-bond donors (Lipinski definition) is 1. The van der Waals surface area contributed by atoms with Crippen LogP contribution < -0.4 is 10.6 Å². The summed E-state index contributed by atoms with van der Waals surface area (Å²) >= 11 is 6.86. The normalized spacial score (nSPS) is 17.9. The van der Waals surface area contributed by atoms with Gasteiger partial charge in [-0.15, -0.1) is 11.3 Å². The minimum atomic E-state index is 0.283. The first kappa shape index (κ1) is 13.5. The third-order valence-electron chi connectivity index (χ3n) is 3.63. The Labute approximate surface area is 127 Å². The van der Waals surface area contributed by atoms with Crippen LogP contribution in [-0.4, -0.2) is 21.5 Å². The molecule has 0 radical (unpaired) electrons. The molecule has 2 N–H and O–H groups in total. The summed E-state index contributed by atoms with van der Waals surface area (Å²) in [6.07, 6.45) is 1.04. The molecule has 104 valence electrons. The summed E-state index contributed by atoms with van der Waals surface area (Å²) in [6.45, 7) is 5.06. The second kappa shape index (κ2) is 5.10. The molecule has 0 saturated carbocycles. The molecule has 3 rings (SSSR count). The van der Waals surface area contributed by atoms with Gasteiger partial charge in [0, 0.05) is 17.1 Å². The van der Waals surface area contributed by atoms with E-state index in [1.165, 1.54) is 10.4 Å². The Morgan fingerprint density at radius 1 is 1.50 bits per heavy atom. The SMILES string of the molecule is Cc1cc(C(N)=S)nc(N2CCc3sccc3C2C)n1. The third kappa shape index (κ3) is 2.29. The maximum atomic E-state index is 5.70. The van der Waals surface area contributed by atoms with E-state index in [-0.39, 0.29) is 6.04 Å². The highest BCUT2D eigenvalue weighted by Crippen LogP contribution is 2.34. The zero-order valence-electron chi connectivity index (χ0n) is 11.5. The van der Waals surface area contributed by atoms with E-state index in [9.17, 15) is 0 Å².